The third-order valence-corrected chi connectivity index (χ3v) is 5.34. The van der Waals surface area contributed by atoms with Gasteiger partial charge in [-0.05, 0) is 53.4 Å². The number of pyridine rings is 1. The maximum Gasteiger partial charge on any atom is 0.159 e. The number of benzene rings is 2. The van der Waals surface area contributed by atoms with E-state index in [0.717, 1.165) is 34.1 Å². The van der Waals surface area contributed by atoms with Gasteiger partial charge in [0.2, 0.25) is 0 Å². The van der Waals surface area contributed by atoms with Gasteiger partial charge in [0.05, 0.1) is 18.1 Å². The first kappa shape index (κ1) is 23.0. The first-order chi connectivity index (χ1) is 15.5. The highest BCUT2D eigenvalue weighted by Crippen LogP contribution is 2.34. The Morgan fingerprint density at radius 1 is 1.19 bits per heavy atom. The number of aromatic nitrogens is 1. The molecule has 0 spiro atoms. The van der Waals surface area contributed by atoms with Crippen LogP contribution in [0.4, 0.5) is 11.4 Å². The molecule has 0 fully saturated rings. The molecule has 0 saturated heterocycles. The molecule has 1 aromatic heterocycles. The zero-order valence-corrected chi connectivity index (χ0v) is 18.7. The Labute approximate surface area is 193 Å². The van der Waals surface area contributed by atoms with Crippen LogP contribution in [0.15, 0.2) is 73.7 Å². The van der Waals surface area contributed by atoms with E-state index in [1.54, 1.807) is 36.5 Å². The van der Waals surface area contributed by atoms with Gasteiger partial charge in [0.1, 0.15) is 5.94 Å². The molecule has 32 heavy (non-hydrogen) atoms. The largest absolute Gasteiger partial charge is 0.388 e. The van der Waals surface area contributed by atoms with Gasteiger partial charge >= 0.3 is 0 Å². The van der Waals surface area contributed by atoms with Crippen molar-refractivity contribution in [3.8, 4) is 11.1 Å². The van der Waals surface area contributed by atoms with E-state index in [2.05, 4.69) is 16.9 Å². The Kier molecular flexibility index (Phi) is 7.63. The SMILES string of the molecule is C=Cc1cc(-c2ccc(C(O)N(C=C=O)c3cncc(/C=C/C)c3)c(Cl)c2)ccc1NC. The van der Waals surface area contributed by atoms with Crippen LogP contribution in [-0.2, 0) is 4.79 Å². The Bertz CT molecular complexity index is 1200. The van der Waals surface area contributed by atoms with E-state index in [1.807, 2.05) is 56.5 Å². The lowest BCUT2D eigenvalue weighted by Crippen LogP contribution is -2.23. The summed E-state index contributed by atoms with van der Waals surface area (Å²) in [5, 5.41) is 14.5. The molecule has 0 aliphatic heterocycles. The second kappa shape index (κ2) is 10.6. The fourth-order valence-electron chi connectivity index (χ4n) is 3.42. The molecular formula is C26H24ClN3O2. The summed E-state index contributed by atoms with van der Waals surface area (Å²) in [6, 6.07) is 13.2. The number of rotatable bonds is 8. The minimum atomic E-state index is -1.20. The highest BCUT2D eigenvalue weighted by atomic mass is 35.5. The first-order valence-corrected chi connectivity index (χ1v) is 10.4. The van der Waals surface area contributed by atoms with Gasteiger partial charge in [0, 0.05) is 29.5 Å². The van der Waals surface area contributed by atoms with E-state index in [0.29, 0.717) is 16.3 Å². The molecule has 0 bridgehead atoms. The molecule has 0 aliphatic rings. The Hall–Kier alpha value is -3.63. The third kappa shape index (κ3) is 4.98. The summed E-state index contributed by atoms with van der Waals surface area (Å²) in [5.74, 6) is 1.74. The van der Waals surface area contributed by atoms with Gasteiger partial charge in [-0.25, -0.2) is 4.79 Å². The average Bonchev–Trinajstić information content (AvgIpc) is 2.82. The molecule has 1 unspecified atom stereocenters. The predicted octanol–water partition coefficient (Wildman–Crippen LogP) is 5.96. The van der Waals surface area contributed by atoms with Crippen LogP contribution < -0.4 is 10.2 Å². The number of nitrogens with zero attached hydrogens (tertiary/aromatic N) is 2. The summed E-state index contributed by atoms with van der Waals surface area (Å²) < 4.78 is 0. The van der Waals surface area contributed by atoms with Crippen molar-refractivity contribution in [1.82, 2.24) is 4.98 Å². The van der Waals surface area contributed by atoms with Crippen LogP contribution in [0.25, 0.3) is 23.3 Å². The molecule has 2 N–H and O–H groups in total. The van der Waals surface area contributed by atoms with Gasteiger partial charge in [0.25, 0.3) is 0 Å². The molecule has 1 heterocycles. The molecule has 3 rings (SSSR count). The number of nitrogens with one attached hydrogen (secondary N) is 1. The van der Waals surface area contributed by atoms with Crippen LogP contribution in [-0.4, -0.2) is 23.1 Å². The predicted molar refractivity (Wildman–Crippen MR) is 133 cm³/mol. The number of halogens is 1. The van der Waals surface area contributed by atoms with Crippen molar-refractivity contribution < 1.29 is 9.90 Å². The summed E-state index contributed by atoms with van der Waals surface area (Å²) >= 11 is 6.56. The molecule has 5 nitrogen and oxygen atoms in total. The van der Waals surface area contributed by atoms with Crippen molar-refractivity contribution in [3.05, 3.63) is 95.4 Å². The summed E-state index contributed by atoms with van der Waals surface area (Å²) in [7, 11) is 1.86. The van der Waals surface area contributed by atoms with E-state index >= 15 is 0 Å². The normalized spacial score (nSPS) is 11.6. The maximum atomic E-state index is 11.2. The second-order valence-electron chi connectivity index (χ2n) is 7.00. The zero-order chi connectivity index (χ0) is 23.1. The molecule has 162 valence electrons. The van der Waals surface area contributed by atoms with Crippen LogP contribution in [0.5, 0.6) is 0 Å². The fourth-order valence-corrected chi connectivity index (χ4v) is 3.70. The number of carbonyl (C=O) groups excluding carboxylic acids is 1. The minimum Gasteiger partial charge on any atom is -0.388 e. The van der Waals surface area contributed by atoms with Crippen LogP contribution in [0.3, 0.4) is 0 Å². The molecule has 0 aliphatic carbocycles. The fraction of sp³-hybridized carbons (Fsp3) is 0.115. The number of hydrogen-bond acceptors (Lipinski definition) is 5. The molecule has 0 amide bonds. The number of hydrogen-bond donors (Lipinski definition) is 2. The van der Waals surface area contributed by atoms with E-state index in [9.17, 15) is 9.90 Å². The number of allylic oxidation sites excluding steroid dienone is 1. The summed E-state index contributed by atoms with van der Waals surface area (Å²) in [5.41, 5.74) is 5.64. The first-order valence-electron chi connectivity index (χ1n) is 10.0. The highest BCUT2D eigenvalue weighted by molar-refractivity contribution is 6.31. The molecule has 0 saturated carbocycles. The number of aliphatic hydroxyl groups excluding tert-OH is 1. The third-order valence-electron chi connectivity index (χ3n) is 5.01. The van der Waals surface area contributed by atoms with Crippen molar-refractivity contribution in [2.45, 2.75) is 13.2 Å². The van der Waals surface area contributed by atoms with Crippen LogP contribution in [0, 0.1) is 0 Å². The summed E-state index contributed by atoms with van der Waals surface area (Å²) in [4.78, 5) is 16.7. The van der Waals surface area contributed by atoms with Gasteiger partial charge < -0.3 is 15.3 Å². The summed E-state index contributed by atoms with van der Waals surface area (Å²) in [6.07, 6.45) is 8.74. The maximum absolute atomic E-state index is 11.2. The monoisotopic (exact) mass is 445 g/mol. The van der Waals surface area contributed by atoms with E-state index in [1.165, 1.54) is 4.90 Å². The topological polar surface area (TPSA) is 65.5 Å². The number of aliphatic hydroxyl groups is 1. The molecule has 2 aromatic carbocycles. The van der Waals surface area contributed by atoms with Crippen LogP contribution in [0.1, 0.15) is 29.8 Å². The van der Waals surface area contributed by atoms with Crippen molar-refractivity contribution in [1.29, 1.82) is 0 Å². The molecule has 1 atom stereocenters. The minimum absolute atomic E-state index is 0.370. The van der Waals surface area contributed by atoms with Crippen LogP contribution in [0.2, 0.25) is 5.02 Å². The van der Waals surface area contributed by atoms with Crippen molar-refractivity contribution in [3.63, 3.8) is 0 Å². The van der Waals surface area contributed by atoms with Gasteiger partial charge in [-0.2, -0.15) is 0 Å². The van der Waals surface area contributed by atoms with Gasteiger partial charge in [-0.3, -0.25) is 4.98 Å². The smallest absolute Gasteiger partial charge is 0.159 e. The second-order valence-corrected chi connectivity index (χ2v) is 7.40. The molecular weight excluding hydrogens is 422 g/mol. The highest BCUT2D eigenvalue weighted by Gasteiger charge is 2.20. The van der Waals surface area contributed by atoms with Gasteiger partial charge in [0.15, 0.2) is 6.23 Å². The lowest BCUT2D eigenvalue weighted by molar-refractivity contribution is 0.183. The van der Waals surface area contributed by atoms with E-state index in [-0.39, 0.29) is 0 Å². The van der Waals surface area contributed by atoms with Crippen molar-refractivity contribution in [2.24, 2.45) is 0 Å². The molecule has 6 heteroatoms. The molecule has 3 aromatic rings. The molecule has 0 radical (unpaired) electrons. The van der Waals surface area contributed by atoms with Crippen molar-refractivity contribution >= 4 is 41.1 Å². The quantitative estimate of drug-likeness (QED) is 0.330. The van der Waals surface area contributed by atoms with Gasteiger partial charge in [-0.1, -0.05) is 54.6 Å². The Balaban J connectivity index is 1.97. The Morgan fingerprint density at radius 2 is 1.94 bits per heavy atom. The van der Waals surface area contributed by atoms with Crippen molar-refractivity contribution in [2.75, 3.05) is 17.3 Å². The lowest BCUT2D eigenvalue weighted by atomic mass is 10.00. The average molecular weight is 446 g/mol. The standard InChI is InChI=1S/C26H24ClN3O2/c1-4-6-18-13-22(17-29-16-18)30(11-12-31)26(32)23-9-7-21(15-24(23)27)20-8-10-25(28-3)19(5-2)14-20/h4-11,13-17,26,28,32H,2H2,1,3H3/b6-4+. The summed E-state index contributed by atoms with van der Waals surface area (Å²) in [6.45, 7) is 5.76. The Morgan fingerprint density at radius 3 is 2.59 bits per heavy atom. The number of anilines is 2. The lowest BCUT2D eigenvalue weighted by Gasteiger charge is -2.26. The van der Waals surface area contributed by atoms with Gasteiger partial charge in [-0.15, -0.1) is 0 Å². The van der Waals surface area contributed by atoms with E-state index < -0.39 is 6.23 Å². The zero-order valence-electron chi connectivity index (χ0n) is 17.9. The van der Waals surface area contributed by atoms with E-state index in [4.69, 9.17) is 11.6 Å². The van der Waals surface area contributed by atoms with Crippen LogP contribution >= 0.6 is 11.6 Å².